The number of piperidine rings is 1. The molecule has 1 amide bonds. The van der Waals surface area contributed by atoms with E-state index in [1.54, 1.807) is 18.3 Å². The zero-order chi connectivity index (χ0) is 21.6. The number of anilines is 2. The molecule has 1 atom stereocenters. The van der Waals surface area contributed by atoms with Crippen molar-refractivity contribution in [3.8, 4) is 17.1 Å². The molecular weight excluding hydrogens is 395 g/mol. The Morgan fingerprint density at radius 2 is 1.94 bits per heavy atom. The van der Waals surface area contributed by atoms with Crippen LogP contribution in [0.2, 0.25) is 0 Å². The van der Waals surface area contributed by atoms with Crippen LogP contribution in [-0.4, -0.2) is 35.6 Å². The van der Waals surface area contributed by atoms with Gasteiger partial charge in [-0.3, -0.25) is 4.79 Å². The van der Waals surface area contributed by atoms with Gasteiger partial charge in [-0.1, -0.05) is 0 Å². The predicted octanol–water partition coefficient (Wildman–Crippen LogP) is 4.54. The molecular formula is C24H25FN4O2. The summed E-state index contributed by atoms with van der Waals surface area (Å²) < 4.78 is 18.7. The lowest BCUT2D eigenvalue weighted by Gasteiger charge is -2.33. The van der Waals surface area contributed by atoms with Crippen molar-refractivity contribution in [2.24, 2.45) is 5.92 Å². The fourth-order valence-corrected chi connectivity index (χ4v) is 3.71. The highest BCUT2D eigenvalue weighted by atomic mass is 19.1. The molecule has 1 saturated heterocycles. The van der Waals surface area contributed by atoms with Crippen molar-refractivity contribution in [2.75, 3.05) is 29.9 Å². The number of aromatic nitrogens is 2. The number of halogens is 1. The number of hydrogen-bond donors (Lipinski definition) is 1. The van der Waals surface area contributed by atoms with Gasteiger partial charge >= 0.3 is 0 Å². The second-order valence-corrected chi connectivity index (χ2v) is 7.48. The van der Waals surface area contributed by atoms with E-state index in [4.69, 9.17) is 4.74 Å². The van der Waals surface area contributed by atoms with Crippen molar-refractivity contribution >= 4 is 17.4 Å². The molecule has 1 aromatic heterocycles. The summed E-state index contributed by atoms with van der Waals surface area (Å²) in [5.74, 6) is 1.67. The van der Waals surface area contributed by atoms with Crippen LogP contribution in [-0.2, 0) is 4.79 Å². The summed E-state index contributed by atoms with van der Waals surface area (Å²) in [6.45, 7) is 3.95. The van der Waals surface area contributed by atoms with Crippen LogP contribution < -0.4 is 15.0 Å². The lowest BCUT2D eigenvalue weighted by Crippen LogP contribution is -2.41. The molecule has 1 aliphatic rings. The van der Waals surface area contributed by atoms with Crippen LogP contribution >= 0.6 is 0 Å². The van der Waals surface area contributed by atoms with Crippen molar-refractivity contribution in [1.29, 1.82) is 0 Å². The normalized spacial score (nSPS) is 16.1. The van der Waals surface area contributed by atoms with E-state index in [0.29, 0.717) is 19.0 Å². The highest BCUT2D eigenvalue weighted by Gasteiger charge is 2.27. The molecule has 160 valence electrons. The van der Waals surface area contributed by atoms with E-state index in [2.05, 4.69) is 20.2 Å². The first kappa shape index (κ1) is 20.8. The quantitative estimate of drug-likeness (QED) is 0.634. The van der Waals surface area contributed by atoms with Crippen LogP contribution in [0.25, 0.3) is 11.4 Å². The first-order chi connectivity index (χ1) is 15.1. The van der Waals surface area contributed by atoms with E-state index >= 15 is 0 Å². The second kappa shape index (κ2) is 9.55. The van der Waals surface area contributed by atoms with E-state index in [1.807, 2.05) is 37.3 Å². The third-order valence-electron chi connectivity index (χ3n) is 5.29. The van der Waals surface area contributed by atoms with Crippen LogP contribution in [0.3, 0.4) is 0 Å². The number of carbonyl (C=O) groups excluding carboxylic acids is 1. The smallest absolute Gasteiger partial charge is 0.229 e. The first-order valence-electron chi connectivity index (χ1n) is 10.5. The number of carbonyl (C=O) groups is 1. The lowest BCUT2D eigenvalue weighted by molar-refractivity contribution is -0.120. The Hall–Kier alpha value is -3.48. The Bertz CT molecular complexity index is 1020. The second-order valence-electron chi connectivity index (χ2n) is 7.48. The molecule has 0 radical (unpaired) electrons. The third kappa shape index (κ3) is 5.17. The molecule has 0 spiro atoms. The van der Waals surface area contributed by atoms with Crippen molar-refractivity contribution in [3.63, 3.8) is 0 Å². The van der Waals surface area contributed by atoms with E-state index in [1.165, 1.54) is 12.1 Å². The Kier molecular flexibility index (Phi) is 6.40. The van der Waals surface area contributed by atoms with Crippen LogP contribution in [0, 0.1) is 11.7 Å². The van der Waals surface area contributed by atoms with Gasteiger partial charge in [0.05, 0.1) is 12.5 Å². The number of nitrogens with one attached hydrogen (secondary N) is 1. The number of ether oxygens (including phenoxy) is 1. The van der Waals surface area contributed by atoms with Gasteiger partial charge in [0.1, 0.15) is 17.4 Å². The number of rotatable bonds is 6. The topological polar surface area (TPSA) is 67.3 Å². The molecule has 1 N–H and O–H groups in total. The minimum atomic E-state index is -0.294. The van der Waals surface area contributed by atoms with E-state index in [0.717, 1.165) is 42.2 Å². The van der Waals surface area contributed by atoms with Gasteiger partial charge in [-0.05, 0) is 74.4 Å². The standard InChI is InChI=1S/C24H25FN4O2/c1-2-31-21-11-9-20(10-12-21)27-24(30)18-4-3-15-29(16-18)22-13-14-26-23(28-22)17-5-7-19(25)8-6-17/h5-14,18H,2-4,15-16H2,1H3,(H,27,30). The minimum absolute atomic E-state index is 0.00155. The van der Waals surface area contributed by atoms with Gasteiger partial charge in [-0.15, -0.1) is 0 Å². The summed E-state index contributed by atoms with van der Waals surface area (Å²) in [6.07, 6.45) is 3.43. The number of hydrogen-bond acceptors (Lipinski definition) is 5. The molecule has 0 saturated carbocycles. The fraction of sp³-hybridized carbons (Fsp3) is 0.292. The Morgan fingerprint density at radius 3 is 2.68 bits per heavy atom. The molecule has 6 nitrogen and oxygen atoms in total. The fourth-order valence-electron chi connectivity index (χ4n) is 3.71. The highest BCUT2D eigenvalue weighted by Crippen LogP contribution is 2.25. The van der Waals surface area contributed by atoms with Gasteiger partial charge in [0.2, 0.25) is 5.91 Å². The average Bonchev–Trinajstić information content (AvgIpc) is 2.81. The summed E-state index contributed by atoms with van der Waals surface area (Å²) in [6, 6.07) is 15.4. The Morgan fingerprint density at radius 1 is 1.16 bits per heavy atom. The number of nitrogens with zero attached hydrogens (tertiary/aromatic N) is 3. The van der Waals surface area contributed by atoms with Gasteiger partial charge in [-0.25, -0.2) is 14.4 Å². The number of amides is 1. The minimum Gasteiger partial charge on any atom is -0.494 e. The van der Waals surface area contributed by atoms with E-state index in [-0.39, 0.29) is 17.6 Å². The molecule has 4 rings (SSSR count). The van der Waals surface area contributed by atoms with Crippen molar-refractivity contribution in [2.45, 2.75) is 19.8 Å². The average molecular weight is 420 g/mol. The maximum atomic E-state index is 13.2. The summed E-state index contributed by atoms with van der Waals surface area (Å²) in [7, 11) is 0. The molecule has 1 unspecified atom stereocenters. The van der Waals surface area contributed by atoms with Gasteiger partial charge in [0.15, 0.2) is 5.82 Å². The van der Waals surface area contributed by atoms with Crippen LogP contribution in [0.15, 0.2) is 60.8 Å². The molecule has 2 heterocycles. The zero-order valence-corrected chi connectivity index (χ0v) is 17.4. The maximum absolute atomic E-state index is 13.2. The molecule has 3 aromatic rings. The van der Waals surface area contributed by atoms with Crippen molar-refractivity contribution in [1.82, 2.24) is 9.97 Å². The Labute approximate surface area is 181 Å². The SMILES string of the molecule is CCOc1ccc(NC(=O)C2CCCN(c3ccnc(-c4ccc(F)cc4)n3)C2)cc1. The van der Waals surface area contributed by atoms with Crippen LogP contribution in [0.4, 0.5) is 15.9 Å². The molecule has 7 heteroatoms. The molecule has 2 aromatic carbocycles. The summed E-state index contributed by atoms with van der Waals surface area (Å²) in [5, 5.41) is 3.01. The summed E-state index contributed by atoms with van der Waals surface area (Å²) in [4.78, 5) is 23.9. The van der Waals surface area contributed by atoms with Crippen LogP contribution in [0.5, 0.6) is 5.75 Å². The van der Waals surface area contributed by atoms with Crippen LogP contribution in [0.1, 0.15) is 19.8 Å². The van der Waals surface area contributed by atoms with Crippen molar-refractivity contribution < 1.29 is 13.9 Å². The first-order valence-corrected chi connectivity index (χ1v) is 10.5. The van der Waals surface area contributed by atoms with E-state index in [9.17, 15) is 9.18 Å². The molecule has 1 aliphatic heterocycles. The van der Waals surface area contributed by atoms with Gasteiger partial charge in [0.25, 0.3) is 0 Å². The molecule has 0 aliphatic carbocycles. The third-order valence-corrected chi connectivity index (χ3v) is 5.29. The lowest BCUT2D eigenvalue weighted by atomic mass is 9.97. The predicted molar refractivity (Wildman–Crippen MR) is 119 cm³/mol. The summed E-state index contributed by atoms with van der Waals surface area (Å²) >= 11 is 0. The van der Waals surface area contributed by atoms with Crippen molar-refractivity contribution in [3.05, 3.63) is 66.6 Å². The Balaban J connectivity index is 1.42. The van der Waals surface area contributed by atoms with Gasteiger partial charge in [-0.2, -0.15) is 0 Å². The molecule has 31 heavy (non-hydrogen) atoms. The van der Waals surface area contributed by atoms with Gasteiger partial charge < -0.3 is 15.0 Å². The molecule has 1 fully saturated rings. The summed E-state index contributed by atoms with van der Waals surface area (Å²) in [5.41, 5.74) is 1.51. The largest absolute Gasteiger partial charge is 0.494 e. The molecule has 0 bridgehead atoms. The highest BCUT2D eigenvalue weighted by molar-refractivity contribution is 5.93. The zero-order valence-electron chi connectivity index (χ0n) is 17.4. The maximum Gasteiger partial charge on any atom is 0.229 e. The van der Waals surface area contributed by atoms with E-state index < -0.39 is 0 Å². The monoisotopic (exact) mass is 420 g/mol. The van der Waals surface area contributed by atoms with Gasteiger partial charge in [0, 0.05) is 30.5 Å². The number of benzene rings is 2.